The summed E-state index contributed by atoms with van der Waals surface area (Å²) in [6.07, 6.45) is 5.46. The molecule has 0 aromatic carbocycles. The average molecular weight is 366 g/mol. The van der Waals surface area contributed by atoms with E-state index in [2.05, 4.69) is 30.9 Å². The van der Waals surface area contributed by atoms with Crippen molar-refractivity contribution in [2.75, 3.05) is 23.8 Å². The van der Waals surface area contributed by atoms with Gasteiger partial charge < -0.3 is 26.5 Å². The van der Waals surface area contributed by atoms with Crippen LogP contribution < -0.4 is 16.0 Å². The molecule has 0 aliphatic rings. The van der Waals surface area contributed by atoms with Crippen LogP contribution in [0.2, 0.25) is 5.02 Å². The summed E-state index contributed by atoms with van der Waals surface area (Å²) >= 11 is 6.05. The van der Waals surface area contributed by atoms with Crippen molar-refractivity contribution in [3.63, 3.8) is 0 Å². The van der Waals surface area contributed by atoms with Crippen LogP contribution in [-0.4, -0.2) is 39.4 Å². The minimum absolute atomic E-state index is 0.0304. The molecule has 0 fully saturated rings. The van der Waals surface area contributed by atoms with Crippen LogP contribution in [0.4, 0.5) is 16.2 Å². The zero-order chi connectivity index (χ0) is 18.1. The number of nitrogens with zero attached hydrogens (tertiary/aromatic N) is 3. The van der Waals surface area contributed by atoms with Gasteiger partial charge >= 0.3 is 0 Å². The molecule has 0 unspecified atom stereocenters. The van der Waals surface area contributed by atoms with E-state index in [1.165, 1.54) is 30.7 Å². The van der Waals surface area contributed by atoms with E-state index >= 15 is 0 Å². The number of hydrogen-bond donors (Lipinski definition) is 5. The first kappa shape index (κ1) is 18.6. The quantitative estimate of drug-likeness (QED) is 0.339. The molecule has 0 saturated heterocycles. The summed E-state index contributed by atoms with van der Waals surface area (Å²) in [5.74, 6) is 0.0771. The maximum Gasteiger partial charge on any atom is 0.229 e. The van der Waals surface area contributed by atoms with Gasteiger partial charge in [-0.1, -0.05) is 11.6 Å². The van der Waals surface area contributed by atoms with Crippen molar-refractivity contribution in [1.29, 1.82) is 5.41 Å². The maximum atomic E-state index is 13.6. The van der Waals surface area contributed by atoms with Gasteiger partial charge in [-0.3, -0.25) is 4.98 Å². The van der Waals surface area contributed by atoms with Gasteiger partial charge in [0.2, 0.25) is 5.95 Å². The molecule has 2 aromatic rings. The Labute approximate surface area is 148 Å². The van der Waals surface area contributed by atoms with Crippen molar-refractivity contribution in [3.8, 4) is 0 Å². The largest absolute Gasteiger partial charge is 0.395 e. The van der Waals surface area contributed by atoms with Gasteiger partial charge in [-0.05, 0) is 12.1 Å². The van der Waals surface area contributed by atoms with Crippen molar-refractivity contribution < 1.29 is 9.50 Å². The lowest BCUT2D eigenvalue weighted by Crippen LogP contribution is -2.15. The van der Waals surface area contributed by atoms with Gasteiger partial charge in [0.15, 0.2) is 5.82 Å². The van der Waals surface area contributed by atoms with E-state index in [-0.39, 0.29) is 29.8 Å². The summed E-state index contributed by atoms with van der Waals surface area (Å²) in [7, 11) is 0. The molecule has 0 radical (unpaired) electrons. The molecule has 0 bridgehead atoms. The molecule has 8 nitrogen and oxygen atoms in total. The number of nitrogens with one attached hydrogen (secondary N) is 4. The second-order valence-electron chi connectivity index (χ2n) is 4.72. The van der Waals surface area contributed by atoms with Gasteiger partial charge in [0.1, 0.15) is 10.8 Å². The summed E-state index contributed by atoms with van der Waals surface area (Å²) in [6, 6.07) is 2.83. The fraction of sp³-hybridized carbons (Fsp3) is 0.200. The number of anilines is 2. The number of allylic oxidation sites excluding steroid dienone is 1. The van der Waals surface area contributed by atoms with Crippen LogP contribution in [0, 0.1) is 11.2 Å². The smallest absolute Gasteiger partial charge is 0.229 e. The predicted octanol–water partition coefficient (Wildman–Crippen LogP) is 1.76. The Morgan fingerprint density at radius 2 is 2.24 bits per heavy atom. The molecule has 132 valence electrons. The van der Waals surface area contributed by atoms with E-state index in [1.54, 1.807) is 0 Å². The second kappa shape index (κ2) is 9.50. The Morgan fingerprint density at radius 1 is 1.40 bits per heavy atom. The van der Waals surface area contributed by atoms with E-state index in [0.29, 0.717) is 18.1 Å². The van der Waals surface area contributed by atoms with Gasteiger partial charge in [-0.2, -0.15) is 4.98 Å². The third-order valence-corrected chi connectivity index (χ3v) is 3.20. The SMILES string of the molecule is N=C/C(=C\NCCO)Nc1ncc(Cl)c(NCc2ncccc2F)n1. The van der Waals surface area contributed by atoms with Crippen LogP contribution >= 0.6 is 11.6 Å². The number of rotatable bonds is 9. The fourth-order valence-corrected chi connectivity index (χ4v) is 1.91. The zero-order valence-electron chi connectivity index (χ0n) is 13.1. The van der Waals surface area contributed by atoms with Gasteiger partial charge in [-0.15, -0.1) is 0 Å². The third kappa shape index (κ3) is 5.66. The lowest BCUT2D eigenvalue weighted by Gasteiger charge is -2.10. The average Bonchev–Trinajstić information content (AvgIpc) is 2.62. The van der Waals surface area contributed by atoms with Crippen LogP contribution in [0.1, 0.15) is 5.69 Å². The normalized spacial score (nSPS) is 11.1. The highest BCUT2D eigenvalue weighted by atomic mass is 35.5. The van der Waals surface area contributed by atoms with Crippen LogP contribution in [0.5, 0.6) is 0 Å². The summed E-state index contributed by atoms with van der Waals surface area (Å²) in [5, 5.41) is 24.9. The fourth-order valence-electron chi connectivity index (χ4n) is 1.76. The lowest BCUT2D eigenvalue weighted by molar-refractivity contribution is 0.298. The Bertz CT molecular complexity index is 756. The highest BCUT2D eigenvalue weighted by Crippen LogP contribution is 2.20. The van der Waals surface area contributed by atoms with Crippen LogP contribution in [0.25, 0.3) is 0 Å². The molecule has 10 heteroatoms. The van der Waals surface area contributed by atoms with Crippen LogP contribution in [0.15, 0.2) is 36.4 Å². The Hall–Kier alpha value is -2.78. The number of aliphatic hydroxyl groups is 1. The van der Waals surface area contributed by atoms with E-state index in [0.717, 1.165) is 6.21 Å². The van der Waals surface area contributed by atoms with Gasteiger partial charge in [0, 0.05) is 25.2 Å². The van der Waals surface area contributed by atoms with Crippen molar-refractivity contribution in [2.45, 2.75) is 6.54 Å². The number of halogens is 2. The molecular formula is C15H17ClFN7O. The molecule has 0 aliphatic carbocycles. The Balaban J connectivity index is 2.07. The highest BCUT2D eigenvalue weighted by Gasteiger charge is 2.08. The van der Waals surface area contributed by atoms with Crippen molar-refractivity contribution in [2.24, 2.45) is 0 Å². The predicted molar refractivity (Wildman–Crippen MR) is 94.1 cm³/mol. The molecule has 2 heterocycles. The zero-order valence-corrected chi connectivity index (χ0v) is 13.9. The lowest BCUT2D eigenvalue weighted by atomic mass is 10.3. The maximum absolute atomic E-state index is 13.6. The molecule has 25 heavy (non-hydrogen) atoms. The molecule has 0 spiro atoms. The van der Waals surface area contributed by atoms with Crippen LogP contribution in [-0.2, 0) is 6.54 Å². The molecule has 0 aliphatic heterocycles. The molecule has 0 atom stereocenters. The molecule has 2 rings (SSSR count). The van der Waals surface area contributed by atoms with Gasteiger partial charge in [-0.25, -0.2) is 9.37 Å². The Morgan fingerprint density at radius 3 is 2.96 bits per heavy atom. The number of pyridine rings is 1. The molecule has 0 amide bonds. The highest BCUT2D eigenvalue weighted by molar-refractivity contribution is 6.32. The molecule has 5 N–H and O–H groups in total. The summed E-state index contributed by atoms with van der Waals surface area (Å²) in [4.78, 5) is 12.2. The summed E-state index contributed by atoms with van der Waals surface area (Å²) in [6.45, 7) is 0.425. The van der Waals surface area contributed by atoms with E-state index in [9.17, 15) is 4.39 Å². The van der Waals surface area contributed by atoms with Gasteiger partial charge in [0.25, 0.3) is 0 Å². The van der Waals surface area contributed by atoms with E-state index < -0.39 is 5.82 Å². The molecule has 2 aromatic heterocycles. The number of hydrogen-bond acceptors (Lipinski definition) is 8. The number of aliphatic hydroxyl groups excluding tert-OH is 1. The first-order valence-corrected chi connectivity index (χ1v) is 7.69. The molecule has 0 saturated carbocycles. The van der Waals surface area contributed by atoms with Crippen molar-refractivity contribution in [1.82, 2.24) is 20.3 Å². The van der Waals surface area contributed by atoms with Crippen LogP contribution in [0.3, 0.4) is 0 Å². The van der Waals surface area contributed by atoms with E-state index in [4.69, 9.17) is 22.1 Å². The van der Waals surface area contributed by atoms with Crippen molar-refractivity contribution >= 4 is 29.6 Å². The monoisotopic (exact) mass is 365 g/mol. The first-order chi connectivity index (χ1) is 12.1. The summed E-state index contributed by atoms with van der Waals surface area (Å²) < 4.78 is 13.6. The van der Waals surface area contributed by atoms with Gasteiger partial charge in [0.05, 0.1) is 30.7 Å². The Kier molecular flexibility index (Phi) is 7.05. The minimum Gasteiger partial charge on any atom is -0.395 e. The summed E-state index contributed by atoms with van der Waals surface area (Å²) in [5.41, 5.74) is 0.623. The third-order valence-electron chi connectivity index (χ3n) is 2.93. The topological polar surface area (TPSA) is 119 Å². The number of aromatic nitrogens is 3. The first-order valence-electron chi connectivity index (χ1n) is 7.31. The minimum atomic E-state index is -0.428. The van der Waals surface area contributed by atoms with E-state index in [1.807, 2.05) is 0 Å². The molecular weight excluding hydrogens is 349 g/mol. The second-order valence-corrected chi connectivity index (χ2v) is 5.13. The van der Waals surface area contributed by atoms with Crippen molar-refractivity contribution in [3.05, 3.63) is 53.0 Å². The standard InChI is InChI=1S/C15H17ClFN7O/c16-11-8-22-15(23-10(6-18)7-19-4-5-25)24-14(11)21-9-13-12(17)2-1-3-20-13/h1-3,6-8,18-19,25H,4-5,9H2,(H2,21,22,23,24)/b10-7+,18-6?.